The lowest BCUT2D eigenvalue weighted by atomic mass is 10.3. The molecule has 0 bridgehead atoms. The summed E-state index contributed by atoms with van der Waals surface area (Å²) in [6.45, 7) is 0. The highest BCUT2D eigenvalue weighted by atomic mass is 32.2. The Morgan fingerprint density at radius 2 is 2.10 bits per heavy atom. The lowest BCUT2D eigenvalue weighted by molar-refractivity contribution is 0.0998. The number of thioether (sulfide) groups is 1. The Balaban J connectivity index is 1.89. The molecule has 1 aromatic carbocycles. The molecule has 3 rings (SSSR count). The van der Waals surface area contributed by atoms with Gasteiger partial charge in [-0.15, -0.1) is 11.8 Å². The zero-order valence-corrected chi connectivity index (χ0v) is 11.6. The summed E-state index contributed by atoms with van der Waals surface area (Å²) >= 11 is 1.58. The van der Waals surface area contributed by atoms with Crippen LogP contribution < -0.4 is 5.32 Å². The van der Waals surface area contributed by atoms with Crippen molar-refractivity contribution < 1.29 is 9.21 Å². The number of benzene rings is 1. The summed E-state index contributed by atoms with van der Waals surface area (Å²) in [5, 5.41) is 2.86. The number of carbonyl (C=O) groups is 1. The molecule has 0 fully saturated rings. The van der Waals surface area contributed by atoms with Gasteiger partial charge in [-0.3, -0.25) is 9.78 Å². The van der Waals surface area contributed by atoms with E-state index in [2.05, 4.69) is 10.3 Å². The lowest BCUT2D eigenvalue weighted by Gasteiger charge is -2.07. The highest BCUT2D eigenvalue weighted by Gasteiger charge is 2.14. The Morgan fingerprint density at radius 1 is 1.25 bits per heavy atom. The van der Waals surface area contributed by atoms with E-state index in [4.69, 9.17) is 4.42 Å². The quantitative estimate of drug-likeness (QED) is 0.743. The van der Waals surface area contributed by atoms with Gasteiger partial charge >= 0.3 is 0 Å². The molecule has 0 aliphatic rings. The minimum atomic E-state index is -0.274. The number of carbonyl (C=O) groups excluding carboxylic acids is 1. The van der Waals surface area contributed by atoms with Crippen LogP contribution in [0.25, 0.3) is 11.1 Å². The first kappa shape index (κ1) is 12.7. The van der Waals surface area contributed by atoms with Crippen molar-refractivity contribution in [2.24, 2.45) is 0 Å². The summed E-state index contributed by atoms with van der Waals surface area (Å²) in [6, 6.07) is 12.9. The molecule has 0 atom stereocenters. The van der Waals surface area contributed by atoms with E-state index in [0.29, 0.717) is 11.1 Å². The average Bonchev–Trinajstić information content (AvgIpc) is 2.92. The molecule has 0 radical (unpaired) electrons. The van der Waals surface area contributed by atoms with Gasteiger partial charge in [0.2, 0.25) is 0 Å². The molecule has 0 unspecified atom stereocenters. The number of furan rings is 1. The highest BCUT2D eigenvalue weighted by molar-refractivity contribution is 7.98. The maximum atomic E-state index is 12.2. The number of fused-ring (bicyclic) bond motifs is 1. The molecule has 4 nitrogen and oxygen atoms in total. The third-order valence-corrected chi connectivity index (χ3v) is 3.66. The van der Waals surface area contributed by atoms with E-state index in [1.807, 2.05) is 30.5 Å². The van der Waals surface area contributed by atoms with E-state index in [0.717, 1.165) is 10.6 Å². The zero-order chi connectivity index (χ0) is 13.9. The molecule has 1 amide bonds. The lowest BCUT2D eigenvalue weighted by Crippen LogP contribution is -2.11. The number of amides is 1. The fraction of sp³-hybridized carbons (Fsp3) is 0.0667. The molecule has 20 heavy (non-hydrogen) atoms. The molecule has 100 valence electrons. The van der Waals surface area contributed by atoms with Crippen molar-refractivity contribution in [2.45, 2.75) is 4.90 Å². The Hall–Kier alpha value is -2.27. The Bertz CT molecular complexity index is 734. The molecular weight excluding hydrogens is 272 g/mol. The monoisotopic (exact) mass is 284 g/mol. The third kappa shape index (κ3) is 2.40. The summed E-state index contributed by atoms with van der Waals surface area (Å²) in [6.07, 6.45) is 3.64. The zero-order valence-electron chi connectivity index (χ0n) is 10.8. The Labute approximate surface area is 120 Å². The van der Waals surface area contributed by atoms with Gasteiger partial charge in [-0.1, -0.05) is 12.1 Å². The minimum absolute atomic E-state index is 0.259. The molecule has 5 heteroatoms. The van der Waals surface area contributed by atoms with Crippen molar-refractivity contribution >= 4 is 34.5 Å². The predicted molar refractivity (Wildman–Crippen MR) is 80.2 cm³/mol. The van der Waals surface area contributed by atoms with E-state index in [9.17, 15) is 4.79 Å². The summed E-state index contributed by atoms with van der Waals surface area (Å²) in [5.41, 5.74) is 2.06. The first-order valence-electron chi connectivity index (χ1n) is 6.07. The number of rotatable bonds is 3. The maximum Gasteiger partial charge on any atom is 0.291 e. The average molecular weight is 284 g/mol. The molecule has 0 saturated heterocycles. The van der Waals surface area contributed by atoms with Crippen LogP contribution in [0.1, 0.15) is 10.6 Å². The predicted octanol–water partition coefficient (Wildman–Crippen LogP) is 3.80. The normalized spacial score (nSPS) is 10.7. The van der Waals surface area contributed by atoms with Gasteiger partial charge in [-0.05, 0) is 30.5 Å². The van der Waals surface area contributed by atoms with Crippen LogP contribution in [0.3, 0.4) is 0 Å². The van der Waals surface area contributed by atoms with Crippen LogP contribution in [-0.4, -0.2) is 17.1 Å². The van der Waals surface area contributed by atoms with Crippen molar-refractivity contribution in [1.29, 1.82) is 0 Å². The number of nitrogens with one attached hydrogen (secondary N) is 1. The van der Waals surface area contributed by atoms with Crippen LogP contribution in [0.2, 0.25) is 0 Å². The van der Waals surface area contributed by atoms with Gasteiger partial charge in [0.1, 0.15) is 5.52 Å². The van der Waals surface area contributed by atoms with Gasteiger partial charge in [0, 0.05) is 17.2 Å². The second-order valence-electron chi connectivity index (χ2n) is 4.15. The van der Waals surface area contributed by atoms with E-state index in [1.54, 1.807) is 36.2 Å². The van der Waals surface area contributed by atoms with E-state index in [1.165, 1.54) is 0 Å². The van der Waals surface area contributed by atoms with Gasteiger partial charge in [0.05, 0.1) is 5.69 Å². The van der Waals surface area contributed by atoms with Gasteiger partial charge in [0.25, 0.3) is 5.91 Å². The van der Waals surface area contributed by atoms with Crippen molar-refractivity contribution in [1.82, 2.24) is 4.98 Å². The molecule has 0 spiro atoms. The van der Waals surface area contributed by atoms with Gasteiger partial charge in [-0.2, -0.15) is 0 Å². The van der Waals surface area contributed by atoms with Crippen molar-refractivity contribution in [3.05, 3.63) is 54.4 Å². The fourth-order valence-electron chi connectivity index (χ4n) is 1.91. The van der Waals surface area contributed by atoms with Crippen LogP contribution in [0.4, 0.5) is 5.69 Å². The molecule has 2 heterocycles. The third-order valence-electron chi connectivity index (χ3n) is 2.87. The first-order valence-corrected chi connectivity index (χ1v) is 7.29. The summed E-state index contributed by atoms with van der Waals surface area (Å²) in [4.78, 5) is 17.4. The molecule has 2 aromatic heterocycles. The minimum Gasteiger partial charge on any atom is -0.449 e. The molecule has 0 aliphatic carbocycles. The van der Waals surface area contributed by atoms with E-state index in [-0.39, 0.29) is 11.7 Å². The molecule has 3 aromatic rings. The van der Waals surface area contributed by atoms with Gasteiger partial charge in [-0.25, -0.2) is 0 Å². The topological polar surface area (TPSA) is 55.1 Å². The Morgan fingerprint density at radius 3 is 2.90 bits per heavy atom. The number of anilines is 1. The first-order chi connectivity index (χ1) is 9.78. The molecule has 0 aliphatic heterocycles. The van der Waals surface area contributed by atoms with Gasteiger partial charge in [0.15, 0.2) is 11.3 Å². The standard InChI is InChI=1S/C15H12N2O2S/c1-20-14-7-3-2-5-10(14)17-15(18)13-9-11-12(19-13)6-4-8-16-11/h2-9H,1H3,(H,17,18). The number of hydrogen-bond acceptors (Lipinski definition) is 4. The Kier molecular flexibility index (Phi) is 3.43. The number of aromatic nitrogens is 1. The second-order valence-corrected chi connectivity index (χ2v) is 5.00. The number of nitrogens with zero attached hydrogens (tertiary/aromatic N) is 1. The maximum absolute atomic E-state index is 12.2. The molecular formula is C15H12N2O2S. The summed E-state index contributed by atoms with van der Waals surface area (Å²) in [7, 11) is 0. The molecule has 0 saturated carbocycles. The van der Waals surface area contributed by atoms with Crippen molar-refractivity contribution in [2.75, 3.05) is 11.6 Å². The van der Waals surface area contributed by atoms with E-state index < -0.39 is 0 Å². The van der Waals surface area contributed by atoms with Crippen LogP contribution >= 0.6 is 11.8 Å². The second kappa shape index (κ2) is 5.38. The van der Waals surface area contributed by atoms with Crippen LogP contribution in [0, 0.1) is 0 Å². The highest BCUT2D eigenvalue weighted by Crippen LogP contribution is 2.25. The summed E-state index contributed by atoms with van der Waals surface area (Å²) < 4.78 is 5.49. The fourth-order valence-corrected chi connectivity index (χ4v) is 2.47. The largest absolute Gasteiger partial charge is 0.449 e. The van der Waals surface area contributed by atoms with E-state index >= 15 is 0 Å². The van der Waals surface area contributed by atoms with Crippen molar-refractivity contribution in [3.63, 3.8) is 0 Å². The molecule has 1 N–H and O–H groups in total. The van der Waals surface area contributed by atoms with Crippen LogP contribution in [-0.2, 0) is 0 Å². The number of pyridine rings is 1. The SMILES string of the molecule is CSc1ccccc1NC(=O)c1cc2ncccc2o1. The van der Waals surface area contributed by atoms with Crippen molar-refractivity contribution in [3.8, 4) is 0 Å². The van der Waals surface area contributed by atoms with Crippen LogP contribution in [0.5, 0.6) is 0 Å². The number of hydrogen-bond donors (Lipinski definition) is 1. The summed E-state index contributed by atoms with van der Waals surface area (Å²) in [5.74, 6) is -0.0147. The smallest absolute Gasteiger partial charge is 0.291 e. The van der Waals surface area contributed by atoms with Gasteiger partial charge < -0.3 is 9.73 Å². The number of para-hydroxylation sites is 1. The van der Waals surface area contributed by atoms with Crippen LogP contribution in [0.15, 0.2) is 58.0 Å².